The molecule has 0 aromatic heterocycles. The molecule has 3 aromatic carbocycles. The Morgan fingerprint density at radius 1 is 0.875 bits per heavy atom. The van der Waals surface area contributed by atoms with Gasteiger partial charge in [-0.25, -0.2) is 9.59 Å². The molecule has 32 heavy (non-hydrogen) atoms. The number of benzene rings is 3. The van der Waals surface area contributed by atoms with Crippen LogP contribution < -0.4 is 0 Å². The zero-order chi connectivity index (χ0) is 22.1. The smallest absolute Gasteiger partial charge is 0.410 e. The maximum absolute atomic E-state index is 13.0. The molecular formula is C27H25NO4. The Hall–Kier alpha value is -3.60. The van der Waals surface area contributed by atoms with Crippen LogP contribution in [-0.4, -0.2) is 41.3 Å². The van der Waals surface area contributed by atoms with E-state index in [0.717, 1.165) is 27.8 Å². The number of carbonyl (C=O) groups is 2. The largest absolute Gasteiger partial charge is 0.480 e. The molecular weight excluding hydrogens is 402 g/mol. The summed E-state index contributed by atoms with van der Waals surface area (Å²) in [6, 6.07) is 25.3. The molecule has 162 valence electrons. The molecule has 0 unspecified atom stereocenters. The number of ether oxygens (including phenoxy) is 1. The second kappa shape index (κ2) is 8.50. The van der Waals surface area contributed by atoms with Crippen molar-refractivity contribution in [2.45, 2.75) is 24.8 Å². The maximum atomic E-state index is 13.0. The van der Waals surface area contributed by atoms with E-state index < -0.39 is 18.1 Å². The third-order valence-electron chi connectivity index (χ3n) is 6.69. The number of carboxylic acids is 1. The minimum Gasteiger partial charge on any atom is -0.480 e. The Labute approximate surface area is 187 Å². The Balaban J connectivity index is 1.30. The van der Waals surface area contributed by atoms with Gasteiger partial charge in [0.1, 0.15) is 12.6 Å². The molecule has 0 saturated carbocycles. The molecule has 1 fully saturated rings. The van der Waals surface area contributed by atoms with Crippen LogP contribution in [0, 0.1) is 5.92 Å². The summed E-state index contributed by atoms with van der Waals surface area (Å²) in [4.78, 5) is 26.4. The molecule has 1 aliphatic heterocycles. The highest BCUT2D eigenvalue weighted by Crippen LogP contribution is 2.44. The molecule has 0 radical (unpaired) electrons. The van der Waals surface area contributed by atoms with Crippen LogP contribution in [0.1, 0.15) is 29.0 Å². The average Bonchev–Trinajstić information content (AvgIpc) is 3.38. The lowest BCUT2D eigenvalue weighted by molar-refractivity contribution is -0.143. The van der Waals surface area contributed by atoms with Gasteiger partial charge in [0.15, 0.2) is 0 Å². The van der Waals surface area contributed by atoms with Gasteiger partial charge < -0.3 is 9.84 Å². The fourth-order valence-corrected chi connectivity index (χ4v) is 5.20. The van der Waals surface area contributed by atoms with Crippen LogP contribution >= 0.6 is 0 Å². The summed E-state index contributed by atoms with van der Waals surface area (Å²) in [5, 5.41) is 9.87. The van der Waals surface area contributed by atoms with E-state index in [1.165, 1.54) is 4.90 Å². The van der Waals surface area contributed by atoms with E-state index in [1.54, 1.807) is 0 Å². The van der Waals surface area contributed by atoms with Crippen LogP contribution in [0.15, 0.2) is 78.9 Å². The number of rotatable bonds is 5. The first-order valence-electron chi connectivity index (χ1n) is 11.0. The number of hydrogen-bond donors (Lipinski definition) is 1. The van der Waals surface area contributed by atoms with E-state index in [-0.39, 0.29) is 18.4 Å². The van der Waals surface area contributed by atoms with Gasteiger partial charge in [-0.1, -0.05) is 78.9 Å². The summed E-state index contributed by atoms with van der Waals surface area (Å²) >= 11 is 0. The average molecular weight is 428 g/mol. The van der Waals surface area contributed by atoms with Gasteiger partial charge in [0.2, 0.25) is 0 Å². The van der Waals surface area contributed by atoms with Crippen molar-refractivity contribution in [3.8, 4) is 11.1 Å². The Kier molecular flexibility index (Phi) is 5.39. The zero-order valence-electron chi connectivity index (χ0n) is 17.7. The SMILES string of the molecule is O=C(O)[C@@H]1[C@H](Cc2ccccc2)CCN1C(=O)OCC1c2ccccc2-c2ccccc21. The van der Waals surface area contributed by atoms with Crippen molar-refractivity contribution in [3.05, 3.63) is 95.6 Å². The first-order chi connectivity index (χ1) is 15.6. The lowest BCUT2D eigenvalue weighted by Gasteiger charge is -2.25. The number of nitrogens with zero attached hydrogens (tertiary/aromatic N) is 1. The van der Waals surface area contributed by atoms with E-state index in [1.807, 2.05) is 54.6 Å². The van der Waals surface area contributed by atoms with Crippen molar-refractivity contribution in [2.75, 3.05) is 13.2 Å². The number of carbonyl (C=O) groups excluding carboxylic acids is 1. The van der Waals surface area contributed by atoms with E-state index in [9.17, 15) is 14.7 Å². The summed E-state index contributed by atoms with van der Waals surface area (Å²) in [6.45, 7) is 0.587. The predicted molar refractivity (Wildman–Crippen MR) is 121 cm³/mol. The van der Waals surface area contributed by atoms with Crippen molar-refractivity contribution >= 4 is 12.1 Å². The monoisotopic (exact) mass is 427 g/mol. The minimum atomic E-state index is -0.975. The van der Waals surface area contributed by atoms with Gasteiger partial charge in [-0.2, -0.15) is 0 Å². The van der Waals surface area contributed by atoms with E-state index in [4.69, 9.17) is 4.74 Å². The van der Waals surface area contributed by atoms with E-state index in [0.29, 0.717) is 19.4 Å². The van der Waals surface area contributed by atoms with Gasteiger partial charge in [-0.3, -0.25) is 4.90 Å². The predicted octanol–water partition coefficient (Wildman–Crippen LogP) is 4.95. The summed E-state index contributed by atoms with van der Waals surface area (Å²) in [6.07, 6.45) is 0.732. The quantitative estimate of drug-likeness (QED) is 0.625. The number of amides is 1. The second-order valence-corrected chi connectivity index (χ2v) is 8.52. The highest BCUT2D eigenvalue weighted by atomic mass is 16.6. The molecule has 0 spiro atoms. The van der Waals surface area contributed by atoms with Gasteiger partial charge >= 0.3 is 12.1 Å². The first-order valence-corrected chi connectivity index (χ1v) is 11.0. The third-order valence-corrected chi connectivity index (χ3v) is 6.69. The summed E-state index contributed by atoms with van der Waals surface area (Å²) in [7, 11) is 0. The topological polar surface area (TPSA) is 66.8 Å². The third kappa shape index (κ3) is 3.64. The van der Waals surface area contributed by atoms with Crippen molar-refractivity contribution in [2.24, 2.45) is 5.92 Å². The van der Waals surface area contributed by atoms with Crippen LogP contribution in [-0.2, 0) is 16.0 Å². The molecule has 5 rings (SSSR count). The first kappa shape index (κ1) is 20.3. The molecule has 1 N–H and O–H groups in total. The number of aliphatic carboxylic acids is 1. The molecule has 3 aromatic rings. The van der Waals surface area contributed by atoms with Gasteiger partial charge in [0.25, 0.3) is 0 Å². The van der Waals surface area contributed by atoms with Crippen molar-refractivity contribution < 1.29 is 19.4 Å². The maximum Gasteiger partial charge on any atom is 0.410 e. The lowest BCUT2D eigenvalue weighted by Crippen LogP contribution is -2.44. The van der Waals surface area contributed by atoms with Gasteiger partial charge in [-0.15, -0.1) is 0 Å². The van der Waals surface area contributed by atoms with Crippen LogP contribution in [0.4, 0.5) is 4.79 Å². The number of likely N-dealkylation sites (tertiary alicyclic amines) is 1. The zero-order valence-corrected chi connectivity index (χ0v) is 17.7. The van der Waals surface area contributed by atoms with Crippen LogP contribution in [0.3, 0.4) is 0 Å². The number of hydrogen-bond acceptors (Lipinski definition) is 3. The van der Waals surface area contributed by atoms with E-state index >= 15 is 0 Å². The molecule has 1 heterocycles. The van der Waals surface area contributed by atoms with Crippen LogP contribution in [0.5, 0.6) is 0 Å². The summed E-state index contributed by atoms with van der Waals surface area (Å²) < 4.78 is 5.73. The fraction of sp³-hybridized carbons (Fsp3) is 0.259. The van der Waals surface area contributed by atoms with Crippen molar-refractivity contribution in [3.63, 3.8) is 0 Å². The van der Waals surface area contributed by atoms with Gasteiger partial charge in [0, 0.05) is 12.5 Å². The molecule has 1 amide bonds. The molecule has 5 nitrogen and oxygen atoms in total. The van der Waals surface area contributed by atoms with Crippen LogP contribution in [0.2, 0.25) is 0 Å². The van der Waals surface area contributed by atoms with Gasteiger partial charge in [-0.05, 0) is 46.6 Å². The van der Waals surface area contributed by atoms with Gasteiger partial charge in [0.05, 0.1) is 0 Å². The fourth-order valence-electron chi connectivity index (χ4n) is 5.20. The van der Waals surface area contributed by atoms with Crippen molar-refractivity contribution in [1.82, 2.24) is 4.90 Å². The highest BCUT2D eigenvalue weighted by Gasteiger charge is 2.43. The molecule has 2 aliphatic rings. The molecule has 1 aliphatic carbocycles. The molecule has 0 bridgehead atoms. The second-order valence-electron chi connectivity index (χ2n) is 8.52. The molecule has 1 saturated heterocycles. The number of fused-ring (bicyclic) bond motifs is 3. The summed E-state index contributed by atoms with van der Waals surface area (Å²) in [5.41, 5.74) is 5.69. The van der Waals surface area contributed by atoms with E-state index in [2.05, 4.69) is 24.3 Å². The van der Waals surface area contributed by atoms with Crippen LogP contribution in [0.25, 0.3) is 11.1 Å². The Morgan fingerprint density at radius 3 is 2.09 bits per heavy atom. The lowest BCUT2D eigenvalue weighted by atomic mass is 9.92. The Bertz CT molecular complexity index is 1100. The molecule has 2 atom stereocenters. The molecule has 5 heteroatoms. The van der Waals surface area contributed by atoms with Crippen molar-refractivity contribution in [1.29, 1.82) is 0 Å². The normalized spacial score (nSPS) is 19.4. The summed E-state index contributed by atoms with van der Waals surface area (Å²) in [5.74, 6) is -1.15. The Morgan fingerprint density at radius 2 is 1.47 bits per heavy atom. The minimum absolute atomic E-state index is 0.0441. The standard InChI is InChI=1S/C27H25NO4/c29-26(30)25-19(16-18-8-2-1-3-9-18)14-15-28(25)27(31)32-17-24-22-12-6-4-10-20(22)21-11-5-7-13-23(21)24/h1-13,19,24-25H,14-17H2,(H,29,30)/t19-,25-/m0/s1. The number of carboxylic acid groups (broad SMARTS) is 1. The highest BCUT2D eigenvalue weighted by molar-refractivity contribution is 5.82.